The Balaban J connectivity index is 1.64. The molecule has 5 rings (SSSR count). The van der Waals surface area contributed by atoms with Gasteiger partial charge in [0.2, 0.25) is 0 Å². The van der Waals surface area contributed by atoms with Gasteiger partial charge in [-0.15, -0.1) is 65.7 Å². The Morgan fingerprint density at radius 1 is 0.590 bits per heavy atom. The minimum Gasteiger partial charge on any atom is -0.143 e. The van der Waals surface area contributed by atoms with E-state index in [0.717, 1.165) is 54.9 Å². The van der Waals surface area contributed by atoms with Crippen LogP contribution in [0.15, 0.2) is 59.3 Å². The molecule has 2 atom stereocenters. The van der Waals surface area contributed by atoms with Crippen LogP contribution in [-0.4, -0.2) is 13.2 Å². The van der Waals surface area contributed by atoms with Gasteiger partial charge in [0.05, 0.1) is 0 Å². The molecule has 0 aliphatic heterocycles. The predicted octanol–water partition coefficient (Wildman–Crippen LogP) is 11.0. The zero-order chi connectivity index (χ0) is 27.2. The van der Waals surface area contributed by atoms with Crippen molar-refractivity contribution in [3.8, 4) is 39.0 Å². The summed E-state index contributed by atoms with van der Waals surface area (Å²) in [5.41, 5.74) is 0. The van der Waals surface area contributed by atoms with E-state index < -0.39 is 16.1 Å². The smallest absolute Gasteiger partial charge is 0.143 e. The van der Waals surface area contributed by atoms with Crippen molar-refractivity contribution in [3.05, 3.63) is 59.3 Å². The summed E-state index contributed by atoms with van der Waals surface area (Å²) >= 11 is 8.27. The molecule has 5 aromatic rings. The lowest BCUT2D eigenvalue weighted by Gasteiger charge is -1.94. The van der Waals surface area contributed by atoms with Gasteiger partial charge in [0.1, 0.15) is 23.0 Å². The van der Waals surface area contributed by atoms with Crippen molar-refractivity contribution in [2.75, 3.05) is 13.2 Å². The topological polar surface area (TPSA) is 52.6 Å². The van der Waals surface area contributed by atoms with Gasteiger partial charge in [-0.3, -0.25) is 0 Å². The third kappa shape index (κ3) is 6.75. The Labute approximate surface area is 251 Å². The summed E-state index contributed by atoms with van der Waals surface area (Å²) in [6.45, 7) is 4.95. The normalized spacial score (nSPS) is 12.3. The first-order chi connectivity index (χ1) is 19.1. The number of thiophene rings is 5. The molecule has 4 nitrogen and oxygen atoms in total. The summed E-state index contributed by atoms with van der Waals surface area (Å²) in [6, 6.07) is 16.7. The van der Waals surface area contributed by atoms with Gasteiger partial charge in [0, 0.05) is 29.3 Å². The molecule has 5 aromatic heterocycles. The lowest BCUT2D eigenvalue weighted by Crippen LogP contribution is -2.18. The van der Waals surface area contributed by atoms with E-state index in [9.17, 15) is 9.13 Å². The highest BCUT2D eigenvalue weighted by Gasteiger charge is 2.47. The van der Waals surface area contributed by atoms with Crippen molar-refractivity contribution in [3.63, 3.8) is 0 Å². The molecule has 0 fully saturated rings. The third-order valence-electron chi connectivity index (χ3n) is 5.82. The molecule has 0 N–H and O–H groups in total. The van der Waals surface area contributed by atoms with Crippen LogP contribution in [0.1, 0.15) is 39.5 Å². The minimum atomic E-state index is -2.23. The fourth-order valence-corrected chi connectivity index (χ4v) is 12.3. The van der Waals surface area contributed by atoms with Crippen molar-refractivity contribution in [2.45, 2.75) is 39.5 Å². The summed E-state index contributed by atoms with van der Waals surface area (Å²) in [5.74, 6) is 0. The van der Waals surface area contributed by atoms with Gasteiger partial charge >= 0.3 is 26.7 Å². The maximum atomic E-state index is 13.8. The van der Waals surface area contributed by atoms with Gasteiger partial charge in [-0.05, 0) is 69.1 Å². The van der Waals surface area contributed by atoms with Crippen molar-refractivity contribution >= 4 is 83.3 Å². The molecular weight excluding hydrogens is 623 g/mol. The SMILES string of the molecule is CCCCO[P+](=O)c1c(-c2ccc(-c3cccs3)s2)sc(-c2ccc(-c3cccs3)s2)c1[P+](=O)OCCCC. The minimum absolute atomic E-state index is 0.398. The van der Waals surface area contributed by atoms with Crippen LogP contribution in [0.3, 0.4) is 0 Å². The molecule has 11 heteroatoms. The second-order valence-corrected chi connectivity index (χ2v) is 16.2. The standard InChI is InChI=1S/C28H28O4P2S5/c1-3-5-15-31-33(29)25-26(34(30)32-16-6-4-2)28(24-14-12-22(38-24)20-10-8-18-36-20)39-27(25)23-13-11-21(37-23)19-9-7-17-35-19/h7-14,17-18H,3-6,15-16H2,1-2H3/q+2. The molecule has 0 radical (unpaired) electrons. The largest absolute Gasteiger partial charge is 0.555 e. The Kier molecular flexibility index (Phi) is 10.5. The van der Waals surface area contributed by atoms with Gasteiger partial charge in [0.15, 0.2) is 0 Å². The number of unbranched alkanes of at least 4 members (excludes halogenated alkanes) is 2. The summed E-state index contributed by atoms with van der Waals surface area (Å²) in [6.07, 6.45) is 3.53. The maximum absolute atomic E-state index is 13.8. The molecule has 0 saturated carbocycles. The van der Waals surface area contributed by atoms with Crippen LogP contribution in [0, 0.1) is 0 Å². The Bertz CT molecular complexity index is 1420. The zero-order valence-corrected chi connectivity index (χ0v) is 27.5. The summed E-state index contributed by atoms with van der Waals surface area (Å²) in [5, 5.41) is 5.20. The third-order valence-corrected chi connectivity index (χ3v) is 14.6. The van der Waals surface area contributed by atoms with E-state index in [2.05, 4.69) is 61.0 Å². The zero-order valence-electron chi connectivity index (χ0n) is 21.6. The Morgan fingerprint density at radius 3 is 1.41 bits per heavy atom. The van der Waals surface area contributed by atoms with Crippen molar-refractivity contribution in [2.24, 2.45) is 0 Å². The van der Waals surface area contributed by atoms with Gasteiger partial charge in [-0.1, -0.05) is 38.8 Å². The summed E-state index contributed by atoms with van der Waals surface area (Å²) < 4.78 is 39.4. The average Bonchev–Trinajstić information content (AvgIpc) is 3.76. The van der Waals surface area contributed by atoms with E-state index in [0.29, 0.717) is 23.8 Å². The Hall–Kier alpha value is -1.38. The van der Waals surface area contributed by atoms with Crippen molar-refractivity contribution < 1.29 is 18.2 Å². The number of hydrogen-bond acceptors (Lipinski definition) is 9. The molecule has 0 aromatic carbocycles. The molecule has 0 aliphatic rings. The molecule has 0 saturated heterocycles. The van der Waals surface area contributed by atoms with Gasteiger partial charge < -0.3 is 0 Å². The fraction of sp³-hybridized carbons (Fsp3) is 0.286. The first-order valence-electron chi connectivity index (χ1n) is 12.8. The van der Waals surface area contributed by atoms with E-state index in [-0.39, 0.29) is 0 Å². The molecular formula is C28H28O4P2S5+2. The van der Waals surface area contributed by atoms with Crippen LogP contribution < -0.4 is 10.6 Å². The first kappa shape index (κ1) is 29.1. The van der Waals surface area contributed by atoms with E-state index in [4.69, 9.17) is 9.05 Å². The highest BCUT2D eigenvalue weighted by molar-refractivity contribution is 7.58. The number of rotatable bonds is 14. The van der Waals surface area contributed by atoms with Crippen LogP contribution >= 0.6 is 72.7 Å². The summed E-state index contributed by atoms with van der Waals surface area (Å²) in [4.78, 5) is 8.43. The molecule has 202 valence electrons. The van der Waals surface area contributed by atoms with Crippen LogP contribution in [0.4, 0.5) is 0 Å². The van der Waals surface area contributed by atoms with Crippen LogP contribution in [0.25, 0.3) is 39.0 Å². The van der Waals surface area contributed by atoms with Gasteiger partial charge in [-0.25, -0.2) is 0 Å². The van der Waals surface area contributed by atoms with E-state index in [1.807, 2.05) is 12.1 Å². The lowest BCUT2D eigenvalue weighted by atomic mass is 10.3. The van der Waals surface area contributed by atoms with E-state index in [1.54, 1.807) is 56.7 Å². The quantitative estimate of drug-likeness (QED) is 0.0886. The van der Waals surface area contributed by atoms with Gasteiger partial charge in [0.25, 0.3) is 0 Å². The van der Waals surface area contributed by atoms with Crippen LogP contribution in [0.2, 0.25) is 0 Å². The second kappa shape index (κ2) is 14.0. The molecule has 39 heavy (non-hydrogen) atoms. The molecule has 0 bridgehead atoms. The molecule has 5 heterocycles. The van der Waals surface area contributed by atoms with E-state index in [1.165, 1.54) is 9.75 Å². The van der Waals surface area contributed by atoms with E-state index >= 15 is 0 Å². The molecule has 2 unspecified atom stereocenters. The van der Waals surface area contributed by atoms with Crippen molar-refractivity contribution in [1.29, 1.82) is 0 Å². The van der Waals surface area contributed by atoms with Crippen molar-refractivity contribution in [1.82, 2.24) is 0 Å². The molecule has 0 amide bonds. The predicted molar refractivity (Wildman–Crippen MR) is 174 cm³/mol. The molecule has 0 spiro atoms. The first-order valence-corrected chi connectivity index (χ1v) is 19.3. The van der Waals surface area contributed by atoms with Crippen LogP contribution in [0.5, 0.6) is 0 Å². The highest BCUT2D eigenvalue weighted by Crippen LogP contribution is 2.48. The van der Waals surface area contributed by atoms with Gasteiger partial charge in [-0.2, -0.15) is 0 Å². The molecule has 0 aliphatic carbocycles. The number of hydrogen-bond donors (Lipinski definition) is 0. The lowest BCUT2D eigenvalue weighted by molar-refractivity contribution is 0.324. The average molecular weight is 651 g/mol. The fourth-order valence-electron chi connectivity index (χ4n) is 3.82. The maximum Gasteiger partial charge on any atom is 0.555 e. The monoisotopic (exact) mass is 650 g/mol. The second-order valence-electron chi connectivity index (χ2n) is 8.63. The highest BCUT2D eigenvalue weighted by atomic mass is 32.1. The summed E-state index contributed by atoms with van der Waals surface area (Å²) in [7, 11) is -4.45. The van der Waals surface area contributed by atoms with Crippen LogP contribution in [-0.2, 0) is 18.2 Å². The Morgan fingerprint density at radius 2 is 1.03 bits per heavy atom.